The normalized spacial score (nSPS) is 15.1. The molecule has 1 aliphatic heterocycles. The van der Waals surface area contributed by atoms with E-state index < -0.39 is 0 Å². The number of carbonyl (C=O) groups excluding carboxylic acids is 1. The molecule has 0 saturated carbocycles. The molecular weight excluding hydrogens is 240 g/mol. The van der Waals surface area contributed by atoms with Gasteiger partial charge in [-0.3, -0.25) is 0 Å². The van der Waals surface area contributed by atoms with E-state index in [1.54, 1.807) is 0 Å². The zero-order chi connectivity index (χ0) is 13.5. The standard InChI is InChI=1S/C14H22N4O/c1-2-7-16-14(19)17-12-3-5-13(6-4-12)18-10-8-15-9-11-18/h3-6,15H,2,7-11H2,1H3,(H2,16,17,19). The van der Waals surface area contributed by atoms with Gasteiger partial charge in [0.15, 0.2) is 0 Å². The van der Waals surface area contributed by atoms with Crippen LogP contribution in [0.3, 0.4) is 0 Å². The van der Waals surface area contributed by atoms with E-state index in [0.29, 0.717) is 6.54 Å². The Morgan fingerprint density at radius 2 is 1.95 bits per heavy atom. The minimum absolute atomic E-state index is 0.142. The minimum Gasteiger partial charge on any atom is -0.369 e. The average Bonchev–Trinajstić information content (AvgIpc) is 2.47. The molecule has 0 aliphatic carbocycles. The molecule has 3 N–H and O–H groups in total. The Bertz CT molecular complexity index is 398. The van der Waals surface area contributed by atoms with Crippen molar-refractivity contribution in [2.75, 3.05) is 42.9 Å². The Morgan fingerprint density at radius 3 is 2.58 bits per heavy atom. The molecule has 0 spiro atoms. The van der Waals surface area contributed by atoms with Crippen LogP contribution in [0.5, 0.6) is 0 Å². The lowest BCUT2D eigenvalue weighted by Gasteiger charge is -2.29. The zero-order valence-corrected chi connectivity index (χ0v) is 11.4. The summed E-state index contributed by atoms with van der Waals surface area (Å²) in [6, 6.07) is 7.87. The summed E-state index contributed by atoms with van der Waals surface area (Å²) in [5.74, 6) is 0. The second-order valence-electron chi connectivity index (χ2n) is 4.66. The van der Waals surface area contributed by atoms with Gasteiger partial charge in [-0.1, -0.05) is 6.92 Å². The highest BCUT2D eigenvalue weighted by Crippen LogP contribution is 2.18. The summed E-state index contributed by atoms with van der Waals surface area (Å²) in [5.41, 5.74) is 2.04. The number of hydrogen-bond acceptors (Lipinski definition) is 3. The SMILES string of the molecule is CCCNC(=O)Nc1ccc(N2CCNCC2)cc1. The van der Waals surface area contributed by atoms with Crippen LogP contribution in [0.1, 0.15) is 13.3 Å². The van der Waals surface area contributed by atoms with E-state index in [9.17, 15) is 4.79 Å². The Hall–Kier alpha value is -1.75. The summed E-state index contributed by atoms with van der Waals surface area (Å²) in [5, 5.41) is 8.95. The van der Waals surface area contributed by atoms with Crippen LogP contribution in [0.25, 0.3) is 0 Å². The predicted molar refractivity (Wildman–Crippen MR) is 78.8 cm³/mol. The average molecular weight is 262 g/mol. The van der Waals surface area contributed by atoms with E-state index in [0.717, 1.165) is 38.3 Å². The molecule has 5 nitrogen and oxygen atoms in total. The Balaban J connectivity index is 1.88. The topological polar surface area (TPSA) is 56.4 Å². The van der Waals surface area contributed by atoms with Crippen LogP contribution in [0.15, 0.2) is 24.3 Å². The fourth-order valence-electron chi connectivity index (χ4n) is 2.09. The molecule has 2 rings (SSSR count). The molecule has 2 amide bonds. The van der Waals surface area contributed by atoms with Crippen LogP contribution < -0.4 is 20.9 Å². The summed E-state index contributed by atoms with van der Waals surface area (Å²) in [4.78, 5) is 13.9. The fraction of sp³-hybridized carbons (Fsp3) is 0.500. The molecule has 1 heterocycles. The number of urea groups is 1. The van der Waals surface area contributed by atoms with Crippen molar-refractivity contribution >= 4 is 17.4 Å². The molecule has 19 heavy (non-hydrogen) atoms. The van der Waals surface area contributed by atoms with Crippen molar-refractivity contribution in [3.63, 3.8) is 0 Å². The lowest BCUT2D eigenvalue weighted by Crippen LogP contribution is -2.43. The van der Waals surface area contributed by atoms with Crippen molar-refractivity contribution in [2.24, 2.45) is 0 Å². The molecule has 0 bridgehead atoms. The maximum atomic E-state index is 11.5. The van der Waals surface area contributed by atoms with E-state index in [4.69, 9.17) is 0 Å². The molecule has 0 radical (unpaired) electrons. The first kappa shape index (κ1) is 13.7. The first-order valence-electron chi connectivity index (χ1n) is 6.90. The van der Waals surface area contributed by atoms with Gasteiger partial charge in [-0.05, 0) is 30.7 Å². The van der Waals surface area contributed by atoms with Gasteiger partial charge in [0.1, 0.15) is 0 Å². The monoisotopic (exact) mass is 262 g/mol. The summed E-state index contributed by atoms with van der Waals surface area (Å²) in [6.45, 7) is 6.85. The van der Waals surface area contributed by atoms with Crippen molar-refractivity contribution < 1.29 is 4.79 Å². The summed E-state index contributed by atoms with van der Waals surface area (Å²) < 4.78 is 0. The van der Waals surface area contributed by atoms with Gasteiger partial charge in [0.2, 0.25) is 0 Å². The zero-order valence-electron chi connectivity index (χ0n) is 11.4. The third-order valence-electron chi connectivity index (χ3n) is 3.14. The Kier molecular flexibility index (Phi) is 5.03. The first-order valence-corrected chi connectivity index (χ1v) is 6.90. The Labute approximate surface area is 114 Å². The molecule has 0 aromatic heterocycles. The van der Waals surface area contributed by atoms with E-state index in [-0.39, 0.29) is 6.03 Å². The third kappa shape index (κ3) is 4.13. The number of carbonyl (C=O) groups is 1. The van der Waals surface area contributed by atoms with Gasteiger partial charge < -0.3 is 20.9 Å². The van der Waals surface area contributed by atoms with Crippen molar-refractivity contribution in [2.45, 2.75) is 13.3 Å². The number of nitrogens with zero attached hydrogens (tertiary/aromatic N) is 1. The fourth-order valence-corrected chi connectivity index (χ4v) is 2.09. The van der Waals surface area contributed by atoms with Gasteiger partial charge >= 0.3 is 6.03 Å². The molecule has 104 valence electrons. The molecule has 0 unspecified atom stereocenters. The summed E-state index contributed by atoms with van der Waals surface area (Å²) in [7, 11) is 0. The number of hydrogen-bond donors (Lipinski definition) is 3. The van der Waals surface area contributed by atoms with Gasteiger partial charge in [-0.2, -0.15) is 0 Å². The van der Waals surface area contributed by atoms with Gasteiger partial charge in [0, 0.05) is 44.1 Å². The van der Waals surface area contributed by atoms with Crippen molar-refractivity contribution in [3.05, 3.63) is 24.3 Å². The highest BCUT2D eigenvalue weighted by Gasteiger charge is 2.10. The maximum Gasteiger partial charge on any atom is 0.319 e. The molecule has 1 aromatic rings. The second-order valence-corrected chi connectivity index (χ2v) is 4.66. The Morgan fingerprint density at radius 1 is 1.26 bits per heavy atom. The van der Waals surface area contributed by atoms with Crippen LogP contribution in [-0.4, -0.2) is 38.8 Å². The summed E-state index contributed by atoms with van der Waals surface area (Å²) in [6.07, 6.45) is 0.940. The summed E-state index contributed by atoms with van der Waals surface area (Å²) >= 11 is 0. The van der Waals surface area contributed by atoms with Gasteiger partial charge in [0.05, 0.1) is 0 Å². The maximum absolute atomic E-state index is 11.5. The number of anilines is 2. The number of amides is 2. The number of nitrogens with one attached hydrogen (secondary N) is 3. The third-order valence-corrected chi connectivity index (χ3v) is 3.14. The van der Waals surface area contributed by atoms with Gasteiger partial charge in [-0.25, -0.2) is 4.79 Å². The number of rotatable bonds is 4. The van der Waals surface area contributed by atoms with E-state index in [1.807, 2.05) is 19.1 Å². The molecular formula is C14H22N4O. The molecule has 1 aliphatic rings. The van der Waals surface area contributed by atoms with E-state index in [1.165, 1.54) is 5.69 Å². The number of benzene rings is 1. The molecule has 1 fully saturated rings. The highest BCUT2D eigenvalue weighted by atomic mass is 16.2. The highest BCUT2D eigenvalue weighted by molar-refractivity contribution is 5.89. The van der Waals surface area contributed by atoms with Crippen LogP contribution in [-0.2, 0) is 0 Å². The molecule has 0 atom stereocenters. The first-order chi connectivity index (χ1) is 9.29. The van der Waals surface area contributed by atoms with E-state index >= 15 is 0 Å². The van der Waals surface area contributed by atoms with Crippen LogP contribution >= 0.6 is 0 Å². The van der Waals surface area contributed by atoms with Crippen molar-refractivity contribution in [3.8, 4) is 0 Å². The van der Waals surface area contributed by atoms with Crippen molar-refractivity contribution in [1.82, 2.24) is 10.6 Å². The second kappa shape index (κ2) is 6.99. The number of piperazine rings is 1. The van der Waals surface area contributed by atoms with Crippen LogP contribution in [0, 0.1) is 0 Å². The lowest BCUT2D eigenvalue weighted by molar-refractivity contribution is 0.252. The molecule has 1 aromatic carbocycles. The largest absolute Gasteiger partial charge is 0.369 e. The van der Waals surface area contributed by atoms with Crippen LogP contribution in [0.2, 0.25) is 0 Å². The van der Waals surface area contributed by atoms with Gasteiger partial charge in [-0.15, -0.1) is 0 Å². The minimum atomic E-state index is -0.142. The quantitative estimate of drug-likeness (QED) is 0.773. The molecule has 5 heteroatoms. The van der Waals surface area contributed by atoms with Crippen molar-refractivity contribution in [1.29, 1.82) is 0 Å². The predicted octanol–water partition coefficient (Wildman–Crippen LogP) is 1.63. The molecule has 1 saturated heterocycles. The lowest BCUT2D eigenvalue weighted by atomic mass is 10.2. The van der Waals surface area contributed by atoms with Crippen LogP contribution in [0.4, 0.5) is 16.2 Å². The smallest absolute Gasteiger partial charge is 0.319 e. The van der Waals surface area contributed by atoms with E-state index in [2.05, 4.69) is 33.0 Å². The van der Waals surface area contributed by atoms with Gasteiger partial charge in [0.25, 0.3) is 0 Å².